The van der Waals surface area contributed by atoms with Crippen molar-refractivity contribution in [2.75, 3.05) is 0 Å². The van der Waals surface area contributed by atoms with Crippen molar-refractivity contribution in [1.82, 2.24) is 19.5 Å². The molecule has 5 nitrogen and oxygen atoms in total. The standard InChI is InChI=1S/C14H7Cl2N5/c1-17-3-2-9-6-10-12(7-11(9)15)19-14(20-13(10)16)21-5-4-18-8-21/h2-8H. The van der Waals surface area contributed by atoms with Crippen molar-refractivity contribution in [1.29, 1.82) is 0 Å². The zero-order valence-electron chi connectivity index (χ0n) is 10.5. The molecule has 0 aliphatic carbocycles. The topological polar surface area (TPSA) is 48.0 Å². The average Bonchev–Trinajstić information content (AvgIpc) is 2.99. The van der Waals surface area contributed by atoms with E-state index < -0.39 is 0 Å². The molecule has 0 saturated carbocycles. The van der Waals surface area contributed by atoms with Crippen LogP contribution in [0.1, 0.15) is 5.56 Å². The number of aromatic nitrogens is 4. The summed E-state index contributed by atoms with van der Waals surface area (Å²) < 4.78 is 1.66. The lowest BCUT2D eigenvalue weighted by Crippen LogP contribution is -1.99. The van der Waals surface area contributed by atoms with Crippen molar-refractivity contribution in [2.24, 2.45) is 0 Å². The maximum atomic E-state index is 6.77. The molecule has 7 heteroatoms. The summed E-state index contributed by atoms with van der Waals surface area (Å²) in [6.45, 7) is 6.77. The van der Waals surface area contributed by atoms with E-state index in [4.69, 9.17) is 29.8 Å². The SMILES string of the molecule is [C-]#[N+]C=Cc1cc2c(Cl)nc(-n3ccnc3)nc2cc1Cl. The first-order valence-corrected chi connectivity index (χ1v) is 6.63. The van der Waals surface area contributed by atoms with E-state index in [1.165, 1.54) is 6.20 Å². The Hall–Kier alpha value is -2.42. The Balaban J connectivity index is 2.21. The Morgan fingerprint density at radius 3 is 2.81 bits per heavy atom. The van der Waals surface area contributed by atoms with Gasteiger partial charge in [0.25, 0.3) is 0 Å². The molecule has 0 aliphatic rings. The van der Waals surface area contributed by atoms with E-state index in [0.29, 0.717) is 32.6 Å². The third-order valence-corrected chi connectivity index (χ3v) is 3.44. The van der Waals surface area contributed by atoms with Gasteiger partial charge in [0, 0.05) is 22.8 Å². The number of hydrogen-bond donors (Lipinski definition) is 0. The number of benzene rings is 1. The molecule has 102 valence electrons. The summed E-state index contributed by atoms with van der Waals surface area (Å²) in [7, 11) is 0. The monoisotopic (exact) mass is 315 g/mol. The van der Waals surface area contributed by atoms with E-state index in [9.17, 15) is 0 Å². The third kappa shape index (κ3) is 2.59. The number of hydrogen-bond acceptors (Lipinski definition) is 3. The molecule has 0 saturated heterocycles. The largest absolute Gasteiger partial charge is 0.274 e. The van der Waals surface area contributed by atoms with Crippen LogP contribution in [0.3, 0.4) is 0 Å². The first-order chi connectivity index (χ1) is 10.2. The molecular formula is C14H7Cl2N5. The molecule has 2 aromatic heterocycles. The second-order valence-corrected chi connectivity index (χ2v) is 4.89. The highest BCUT2D eigenvalue weighted by Gasteiger charge is 2.10. The molecule has 2 heterocycles. The highest BCUT2D eigenvalue weighted by molar-refractivity contribution is 6.36. The zero-order valence-corrected chi connectivity index (χ0v) is 12.0. The van der Waals surface area contributed by atoms with Gasteiger partial charge in [-0.05, 0) is 17.7 Å². The Morgan fingerprint density at radius 1 is 1.24 bits per heavy atom. The third-order valence-electron chi connectivity index (χ3n) is 2.82. The van der Waals surface area contributed by atoms with Gasteiger partial charge in [-0.25, -0.2) is 14.8 Å². The molecule has 0 N–H and O–H groups in total. The van der Waals surface area contributed by atoms with Crippen LogP contribution in [-0.4, -0.2) is 19.5 Å². The predicted octanol–water partition coefficient (Wildman–Crippen LogP) is 4.01. The summed E-state index contributed by atoms with van der Waals surface area (Å²) in [4.78, 5) is 15.8. The van der Waals surface area contributed by atoms with Crippen molar-refractivity contribution < 1.29 is 0 Å². The predicted molar refractivity (Wildman–Crippen MR) is 82.3 cm³/mol. The lowest BCUT2D eigenvalue weighted by Gasteiger charge is -2.07. The molecule has 0 atom stereocenters. The Bertz CT molecular complexity index is 879. The second kappa shape index (κ2) is 5.52. The van der Waals surface area contributed by atoms with E-state index in [1.807, 2.05) is 0 Å². The van der Waals surface area contributed by atoms with Gasteiger partial charge in [0.2, 0.25) is 5.95 Å². The minimum atomic E-state index is 0.317. The van der Waals surface area contributed by atoms with Crippen LogP contribution in [0.25, 0.3) is 27.8 Å². The molecule has 0 aliphatic heterocycles. The molecule has 0 bridgehead atoms. The van der Waals surface area contributed by atoms with Crippen molar-refractivity contribution in [3.8, 4) is 5.95 Å². The number of halogens is 2. The van der Waals surface area contributed by atoms with E-state index in [2.05, 4.69) is 19.8 Å². The molecule has 1 aromatic carbocycles. The van der Waals surface area contributed by atoms with Gasteiger partial charge in [-0.3, -0.25) is 4.57 Å². The average molecular weight is 316 g/mol. The molecule has 0 amide bonds. The quantitative estimate of drug-likeness (QED) is 0.530. The van der Waals surface area contributed by atoms with Crippen molar-refractivity contribution in [3.05, 3.63) is 64.2 Å². The Labute approximate surface area is 130 Å². The maximum absolute atomic E-state index is 6.77. The van der Waals surface area contributed by atoms with E-state index in [1.54, 1.807) is 41.5 Å². The normalized spacial score (nSPS) is 11.1. The Kier molecular flexibility index (Phi) is 3.57. The van der Waals surface area contributed by atoms with Gasteiger partial charge < -0.3 is 0 Å². The van der Waals surface area contributed by atoms with Crippen LogP contribution in [0, 0.1) is 6.57 Å². The summed E-state index contributed by atoms with van der Waals surface area (Å²) in [5.74, 6) is 0.422. The number of imidazole rings is 1. The highest BCUT2D eigenvalue weighted by Crippen LogP contribution is 2.28. The second-order valence-electron chi connectivity index (χ2n) is 4.12. The van der Waals surface area contributed by atoms with Gasteiger partial charge in [0.05, 0.1) is 12.1 Å². The van der Waals surface area contributed by atoms with Crippen LogP contribution in [0.5, 0.6) is 0 Å². The maximum Gasteiger partial charge on any atom is 0.236 e. The van der Waals surface area contributed by atoms with E-state index in [-0.39, 0.29) is 0 Å². The minimum absolute atomic E-state index is 0.317. The van der Waals surface area contributed by atoms with Crippen LogP contribution in [0.2, 0.25) is 10.2 Å². The van der Waals surface area contributed by atoms with E-state index >= 15 is 0 Å². The van der Waals surface area contributed by atoms with Crippen molar-refractivity contribution in [2.45, 2.75) is 0 Å². The smallest absolute Gasteiger partial charge is 0.236 e. The molecule has 0 spiro atoms. The number of rotatable bonds is 2. The fourth-order valence-corrected chi connectivity index (χ4v) is 2.30. The lowest BCUT2D eigenvalue weighted by molar-refractivity contribution is 0.941. The van der Waals surface area contributed by atoms with Crippen LogP contribution in [0.15, 0.2) is 37.1 Å². The van der Waals surface area contributed by atoms with E-state index in [0.717, 1.165) is 0 Å². The molecule has 0 unspecified atom stereocenters. The summed E-state index contributed by atoms with van der Waals surface area (Å²) in [5, 5.41) is 1.49. The zero-order chi connectivity index (χ0) is 14.8. The molecule has 3 rings (SSSR count). The van der Waals surface area contributed by atoms with Gasteiger partial charge in [0.1, 0.15) is 11.5 Å². The van der Waals surface area contributed by atoms with Gasteiger partial charge in [0.15, 0.2) is 6.20 Å². The van der Waals surface area contributed by atoms with Crippen molar-refractivity contribution in [3.63, 3.8) is 0 Å². The number of fused-ring (bicyclic) bond motifs is 1. The summed E-state index contributed by atoms with van der Waals surface area (Å²) in [6.07, 6.45) is 7.90. The van der Waals surface area contributed by atoms with Gasteiger partial charge in [-0.1, -0.05) is 29.3 Å². The lowest BCUT2D eigenvalue weighted by atomic mass is 10.1. The molecule has 0 radical (unpaired) electrons. The Morgan fingerprint density at radius 2 is 2.10 bits per heavy atom. The molecular weight excluding hydrogens is 309 g/mol. The highest BCUT2D eigenvalue weighted by atomic mass is 35.5. The molecule has 21 heavy (non-hydrogen) atoms. The first kappa shape index (κ1) is 13.6. The number of nitrogens with zero attached hydrogens (tertiary/aromatic N) is 5. The fourth-order valence-electron chi connectivity index (χ4n) is 1.86. The van der Waals surface area contributed by atoms with Crippen LogP contribution in [-0.2, 0) is 0 Å². The van der Waals surface area contributed by atoms with Crippen LogP contribution >= 0.6 is 23.2 Å². The van der Waals surface area contributed by atoms with Crippen LogP contribution in [0.4, 0.5) is 0 Å². The van der Waals surface area contributed by atoms with Gasteiger partial charge >= 0.3 is 0 Å². The summed E-state index contributed by atoms with van der Waals surface area (Å²) in [5.41, 5.74) is 1.32. The molecule has 0 fully saturated rings. The summed E-state index contributed by atoms with van der Waals surface area (Å²) in [6, 6.07) is 3.47. The van der Waals surface area contributed by atoms with Gasteiger partial charge in [-0.2, -0.15) is 4.98 Å². The van der Waals surface area contributed by atoms with Crippen LogP contribution < -0.4 is 0 Å². The van der Waals surface area contributed by atoms with Crippen molar-refractivity contribution >= 4 is 40.2 Å². The molecule has 3 aromatic rings. The first-order valence-electron chi connectivity index (χ1n) is 5.87. The fraction of sp³-hybridized carbons (Fsp3) is 0. The minimum Gasteiger partial charge on any atom is -0.274 e. The summed E-state index contributed by atoms with van der Waals surface area (Å²) >= 11 is 12.4. The van der Waals surface area contributed by atoms with Gasteiger partial charge in [-0.15, -0.1) is 0 Å².